The number of carbonyl (C=O) groups is 1. The van der Waals surface area contributed by atoms with Crippen molar-refractivity contribution in [2.24, 2.45) is 0 Å². The minimum atomic E-state index is -0.846. The number of hydrogen-bond acceptors (Lipinski definition) is 2. The molecule has 1 heterocycles. The first-order chi connectivity index (χ1) is 9.70. The molecule has 0 amide bonds. The molecule has 3 rings (SSSR count). The molecule has 1 N–H and O–H groups in total. The van der Waals surface area contributed by atoms with Gasteiger partial charge in [0, 0.05) is 12.1 Å². The second-order valence-electron chi connectivity index (χ2n) is 6.31. The predicted octanol–water partition coefficient (Wildman–Crippen LogP) is 3.68. The van der Waals surface area contributed by atoms with E-state index < -0.39 is 5.97 Å². The van der Waals surface area contributed by atoms with E-state index in [0.717, 1.165) is 6.54 Å². The summed E-state index contributed by atoms with van der Waals surface area (Å²) in [6, 6.07) is 7.39. The first-order valence-electron chi connectivity index (χ1n) is 7.77. The van der Waals surface area contributed by atoms with Crippen LogP contribution in [0.2, 0.25) is 0 Å². The summed E-state index contributed by atoms with van der Waals surface area (Å²) in [5.74, 6) is -0.846. The van der Waals surface area contributed by atoms with Gasteiger partial charge >= 0.3 is 5.97 Å². The molecule has 0 radical (unpaired) electrons. The Bertz CT molecular complexity index is 474. The number of likely N-dealkylation sites (tertiary alicyclic amines) is 1. The van der Waals surface area contributed by atoms with Crippen LogP contribution in [0.1, 0.15) is 60.9 Å². The average Bonchev–Trinajstić information content (AvgIpc) is 2.83. The van der Waals surface area contributed by atoms with E-state index in [4.69, 9.17) is 5.11 Å². The highest BCUT2D eigenvalue weighted by molar-refractivity contribution is 5.87. The smallest absolute Gasteiger partial charge is 0.335 e. The number of carboxylic acid groups (broad SMARTS) is 1. The largest absolute Gasteiger partial charge is 0.478 e. The number of aromatic carboxylic acids is 1. The van der Waals surface area contributed by atoms with Gasteiger partial charge in [-0.05, 0) is 49.9 Å². The third-order valence-electron chi connectivity index (χ3n) is 5.10. The Morgan fingerprint density at radius 1 is 1.05 bits per heavy atom. The fourth-order valence-electron chi connectivity index (χ4n) is 3.99. The summed E-state index contributed by atoms with van der Waals surface area (Å²) >= 11 is 0. The summed E-state index contributed by atoms with van der Waals surface area (Å²) in [4.78, 5) is 13.5. The minimum Gasteiger partial charge on any atom is -0.478 e. The van der Waals surface area contributed by atoms with E-state index in [2.05, 4.69) is 4.90 Å². The highest BCUT2D eigenvalue weighted by Crippen LogP contribution is 2.42. The molecule has 0 bridgehead atoms. The maximum atomic E-state index is 10.9. The third kappa shape index (κ3) is 2.59. The molecule has 1 spiro atoms. The normalized spacial score (nSPS) is 22.2. The van der Waals surface area contributed by atoms with Crippen LogP contribution in [0.3, 0.4) is 0 Å². The molecule has 1 saturated carbocycles. The van der Waals surface area contributed by atoms with Crippen molar-refractivity contribution in [2.45, 2.75) is 57.0 Å². The predicted molar refractivity (Wildman–Crippen MR) is 78.9 cm³/mol. The standard InChI is InChI=1S/C17H23NO2/c19-16(20)15-7-5-14(6-8-15)13-18-12-4-11-17(18)9-2-1-3-10-17/h5-8H,1-4,9-13H2,(H,19,20). The van der Waals surface area contributed by atoms with Crippen LogP contribution in [-0.4, -0.2) is 28.1 Å². The second kappa shape index (κ2) is 5.57. The molecule has 2 aliphatic rings. The minimum absolute atomic E-state index is 0.377. The number of benzene rings is 1. The second-order valence-corrected chi connectivity index (χ2v) is 6.31. The van der Waals surface area contributed by atoms with Crippen LogP contribution in [-0.2, 0) is 6.54 Å². The van der Waals surface area contributed by atoms with Crippen LogP contribution in [0.5, 0.6) is 0 Å². The maximum absolute atomic E-state index is 10.9. The van der Waals surface area contributed by atoms with Crippen molar-refractivity contribution in [3.63, 3.8) is 0 Å². The van der Waals surface area contributed by atoms with Crippen LogP contribution < -0.4 is 0 Å². The lowest BCUT2D eigenvalue weighted by atomic mass is 9.79. The molecule has 0 aromatic heterocycles. The van der Waals surface area contributed by atoms with E-state index in [-0.39, 0.29) is 0 Å². The lowest BCUT2D eigenvalue weighted by Crippen LogP contribution is -2.44. The summed E-state index contributed by atoms with van der Waals surface area (Å²) in [6.45, 7) is 2.17. The summed E-state index contributed by atoms with van der Waals surface area (Å²) in [7, 11) is 0. The molecule has 1 aliphatic heterocycles. The average molecular weight is 273 g/mol. The van der Waals surface area contributed by atoms with E-state index in [1.807, 2.05) is 12.1 Å². The fraction of sp³-hybridized carbons (Fsp3) is 0.588. The highest BCUT2D eigenvalue weighted by atomic mass is 16.4. The molecule has 3 nitrogen and oxygen atoms in total. The Labute approximate surface area is 120 Å². The number of hydrogen-bond donors (Lipinski definition) is 1. The van der Waals surface area contributed by atoms with Gasteiger partial charge in [-0.15, -0.1) is 0 Å². The Balaban J connectivity index is 1.71. The van der Waals surface area contributed by atoms with Crippen LogP contribution in [0.15, 0.2) is 24.3 Å². The van der Waals surface area contributed by atoms with Crippen molar-refractivity contribution in [1.29, 1.82) is 0 Å². The number of nitrogens with zero attached hydrogens (tertiary/aromatic N) is 1. The molecule has 3 heteroatoms. The van der Waals surface area contributed by atoms with E-state index in [1.165, 1.54) is 57.1 Å². The van der Waals surface area contributed by atoms with Gasteiger partial charge in [-0.1, -0.05) is 31.4 Å². The maximum Gasteiger partial charge on any atom is 0.335 e. The van der Waals surface area contributed by atoms with Gasteiger partial charge in [0.2, 0.25) is 0 Å². The molecule has 1 aromatic carbocycles. The van der Waals surface area contributed by atoms with Crippen LogP contribution in [0, 0.1) is 0 Å². The zero-order valence-corrected chi connectivity index (χ0v) is 12.0. The zero-order chi connectivity index (χ0) is 14.0. The van der Waals surface area contributed by atoms with E-state index in [0.29, 0.717) is 11.1 Å². The Morgan fingerprint density at radius 3 is 2.35 bits per heavy atom. The van der Waals surface area contributed by atoms with Gasteiger partial charge in [-0.3, -0.25) is 4.90 Å². The van der Waals surface area contributed by atoms with Gasteiger partial charge in [-0.25, -0.2) is 4.79 Å². The van der Waals surface area contributed by atoms with Crippen molar-refractivity contribution in [2.75, 3.05) is 6.54 Å². The molecule has 1 aliphatic carbocycles. The topological polar surface area (TPSA) is 40.5 Å². The molecule has 1 saturated heterocycles. The molecule has 20 heavy (non-hydrogen) atoms. The molecular formula is C17H23NO2. The first-order valence-corrected chi connectivity index (χ1v) is 7.77. The van der Waals surface area contributed by atoms with Crippen molar-refractivity contribution in [1.82, 2.24) is 4.90 Å². The Morgan fingerprint density at radius 2 is 1.70 bits per heavy atom. The van der Waals surface area contributed by atoms with E-state index >= 15 is 0 Å². The zero-order valence-electron chi connectivity index (χ0n) is 12.0. The van der Waals surface area contributed by atoms with E-state index in [9.17, 15) is 4.79 Å². The van der Waals surface area contributed by atoms with Gasteiger partial charge < -0.3 is 5.11 Å². The molecule has 1 aromatic rings. The van der Waals surface area contributed by atoms with Crippen molar-refractivity contribution in [3.05, 3.63) is 35.4 Å². The first kappa shape index (κ1) is 13.6. The monoisotopic (exact) mass is 273 g/mol. The summed E-state index contributed by atoms with van der Waals surface area (Å²) in [5.41, 5.74) is 2.06. The van der Waals surface area contributed by atoms with E-state index in [1.54, 1.807) is 12.1 Å². The van der Waals surface area contributed by atoms with Gasteiger partial charge in [0.05, 0.1) is 5.56 Å². The number of rotatable bonds is 3. The lowest BCUT2D eigenvalue weighted by molar-refractivity contribution is 0.0696. The van der Waals surface area contributed by atoms with Gasteiger partial charge in [0.1, 0.15) is 0 Å². The third-order valence-corrected chi connectivity index (χ3v) is 5.10. The van der Waals surface area contributed by atoms with Crippen molar-refractivity contribution in [3.8, 4) is 0 Å². The summed E-state index contributed by atoms with van der Waals surface area (Å²) in [6.07, 6.45) is 9.49. The number of carboxylic acids is 1. The van der Waals surface area contributed by atoms with Crippen molar-refractivity contribution < 1.29 is 9.90 Å². The van der Waals surface area contributed by atoms with Crippen molar-refractivity contribution >= 4 is 5.97 Å². The van der Waals surface area contributed by atoms with Crippen LogP contribution in [0.4, 0.5) is 0 Å². The quantitative estimate of drug-likeness (QED) is 0.913. The molecule has 108 valence electrons. The van der Waals surface area contributed by atoms with Gasteiger partial charge in [0.25, 0.3) is 0 Å². The molecular weight excluding hydrogens is 250 g/mol. The molecule has 0 atom stereocenters. The Hall–Kier alpha value is -1.35. The fourth-order valence-corrected chi connectivity index (χ4v) is 3.99. The Kier molecular flexibility index (Phi) is 3.79. The van der Waals surface area contributed by atoms with Gasteiger partial charge in [0.15, 0.2) is 0 Å². The summed E-state index contributed by atoms with van der Waals surface area (Å²) in [5, 5.41) is 8.95. The van der Waals surface area contributed by atoms with Crippen LogP contribution in [0.25, 0.3) is 0 Å². The SMILES string of the molecule is O=C(O)c1ccc(CN2CCCC23CCCCC3)cc1. The molecule has 0 unspecified atom stereocenters. The highest BCUT2D eigenvalue weighted by Gasteiger charge is 2.41. The molecule has 2 fully saturated rings. The van der Waals surface area contributed by atoms with Crippen LogP contribution >= 0.6 is 0 Å². The summed E-state index contributed by atoms with van der Waals surface area (Å²) < 4.78 is 0. The van der Waals surface area contributed by atoms with Gasteiger partial charge in [-0.2, -0.15) is 0 Å². The lowest BCUT2D eigenvalue weighted by Gasteiger charge is -2.42.